The molecule has 1 aromatic carbocycles. The maximum Gasteiger partial charge on any atom is 0.530 e. The molecule has 0 N–H and O–H groups in total. The molecule has 1 aliphatic heterocycles. The number of hydrogen-bond donors (Lipinski definition) is 0. The fourth-order valence-corrected chi connectivity index (χ4v) is 7.72. The van der Waals surface area contributed by atoms with E-state index in [9.17, 15) is 4.57 Å². The molecule has 1 saturated heterocycles. The molecule has 242 valence electrons. The third-order valence-corrected chi connectivity index (χ3v) is 15.4. The molecule has 0 aromatic heterocycles. The van der Waals surface area contributed by atoms with Crippen LogP contribution in [0, 0.1) is 0 Å². The summed E-state index contributed by atoms with van der Waals surface area (Å²) in [6.07, 6.45) is 1.39. The Morgan fingerprint density at radius 3 is 1.90 bits per heavy atom. The molecule has 1 heterocycles. The van der Waals surface area contributed by atoms with Gasteiger partial charge in [0.05, 0.1) is 23.4 Å². The number of benzene rings is 1. The Kier molecular flexibility index (Phi) is 12.4. The van der Waals surface area contributed by atoms with E-state index in [1.807, 2.05) is 33.8 Å². The summed E-state index contributed by atoms with van der Waals surface area (Å²) in [6.45, 7) is 31.8. The molecule has 1 aromatic rings. The van der Waals surface area contributed by atoms with E-state index >= 15 is 0 Å². The Morgan fingerprint density at radius 2 is 1.45 bits per heavy atom. The predicted octanol–water partition coefficient (Wildman–Crippen LogP) is 10.1. The minimum Gasteiger partial charge on any atom is -0.417 e. The minimum atomic E-state index is -3.93. The van der Waals surface area contributed by atoms with Crippen LogP contribution in [-0.4, -0.2) is 45.5 Å². The first kappa shape index (κ1) is 38.0. The molecule has 0 spiro atoms. The summed E-state index contributed by atoms with van der Waals surface area (Å²) in [7, 11) is -6.20. The van der Waals surface area contributed by atoms with E-state index in [1.165, 1.54) is 0 Å². The number of phosphoric ester groups is 1. The summed E-state index contributed by atoms with van der Waals surface area (Å²) >= 11 is 3.68. The Hall–Kier alpha value is -0.188. The summed E-state index contributed by atoms with van der Waals surface area (Å²) in [5.74, 6) is 0.482. The van der Waals surface area contributed by atoms with Crippen LogP contribution in [0.15, 0.2) is 16.6 Å². The Morgan fingerprint density at radius 1 is 0.952 bits per heavy atom. The van der Waals surface area contributed by atoms with Gasteiger partial charge in [-0.1, -0.05) is 50.5 Å². The Bertz CT molecular complexity index is 1090. The van der Waals surface area contributed by atoms with Crippen molar-refractivity contribution >= 4 is 39.2 Å². The number of hydrogen-bond acceptors (Lipinski definition) is 7. The normalized spacial score (nSPS) is 17.9. The van der Waals surface area contributed by atoms with Gasteiger partial charge in [0.15, 0.2) is 8.32 Å². The van der Waals surface area contributed by atoms with E-state index in [-0.39, 0.29) is 29.8 Å². The SMILES string of the molecule is CC(C)OP(=O)(Oc1cc(Br)cc(CCB2OC(C)(C)C(C)(C)O2)c1C(C)(C)CCO[Si](C)(C)C(C)(C)C)OC(C)C. The quantitative estimate of drug-likeness (QED) is 0.142. The number of halogens is 1. The van der Waals surface area contributed by atoms with E-state index in [4.69, 9.17) is 27.3 Å². The standard InChI is InChI=1S/C31H57BBrO7PSi/c1-22(2)36-41(34,37-23(3)4)38-26-21-25(33)20-24(16-18-32-39-30(10,11)31(12,13)40-32)27(26)29(8,9)17-19-35-42(14,15)28(5,6)7/h20-23H,16-19H2,1-15H3. The summed E-state index contributed by atoms with van der Waals surface area (Å²) in [6, 6.07) is 3.98. The van der Waals surface area contributed by atoms with Crippen LogP contribution in [0.3, 0.4) is 0 Å². The van der Waals surface area contributed by atoms with Crippen LogP contribution in [-0.2, 0) is 39.2 Å². The second kappa shape index (κ2) is 13.7. The van der Waals surface area contributed by atoms with Crippen LogP contribution < -0.4 is 4.52 Å². The molecule has 0 amide bonds. The first-order chi connectivity index (χ1) is 18.8. The highest BCUT2D eigenvalue weighted by Gasteiger charge is 2.50. The molecule has 0 saturated carbocycles. The topological polar surface area (TPSA) is 72.5 Å². The molecule has 0 unspecified atom stereocenters. The molecule has 0 bridgehead atoms. The van der Waals surface area contributed by atoms with Crippen molar-refractivity contribution in [1.29, 1.82) is 0 Å². The molecule has 1 fully saturated rings. The monoisotopic (exact) mass is 690 g/mol. The van der Waals surface area contributed by atoms with E-state index < -0.39 is 27.3 Å². The lowest BCUT2D eigenvalue weighted by Gasteiger charge is -2.38. The third kappa shape index (κ3) is 9.90. The summed E-state index contributed by atoms with van der Waals surface area (Å²) < 4.78 is 51.8. The van der Waals surface area contributed by atoms with Crippen LogP contribution in [0.1, 0.15) is 108 Å². The largest absolute Gasteiger partial charge is 0.530 e. The first-order valence-electron chi connectivity index (χ1n) is 15.3. The fraction of sp³-hybridized carbons (Fsp3) is 0.806. The summed E-state index contributed by atoms with van der Waals surface area (Å²) in [5, 5.41) is 0.117. The number of rotatable bonds is 14. The van der Waals surface area contributed by atoms with Crippen LogP contribution >= 0.6 is 23.8 Å². The summed E-state index contributed by atoms with van der Waals surface area (Å²) in [5.41, 5.74) is 0.834. The maximum absolute atomic E-state index is 13.9. The molecule has 0 atom stereocenters. The number of aryl methyl sites for hydroxylation is 1. The highest BCUT2D eigenvalue weighted by atomic mass is 79.9. The van der Waals surface area contributed by atoms with Gasteiger partial charge in [-0.25, -0.2) is 4.57 Å². The van der Waals surface area contributed by atoms with Crippen molar-refractivity contribution in [1.82, 2.24) is 0 Å². The van der Waals surface area contributed by atoms with Gasteiger partial charge < -0.3 is 18.3 Å². The molecule has 1 aliphatic rings. The average molecular weight is 692 g/mol. The van der Waals surface area contributed by atoms with Gasteiger partial charge in [0, 0.05) is 16.6 Å². The highest BCUT2D eigenvalue weighted by molar-refractivity contribution is 9.10. The summed E-state index contributed by atoms with van der Waals surface area (Å²) in [4.78, 5) is 0. The van der Waals surface area contributed by atoms with Crippen molar-refractivity contribution in [3.63, 3.8) is 0 Å². The van der Waals surface area contributed by atoms with Crippen molar-refractivity contribution < 1.29 is 31.9 Å². The van der Waals surface area contributed by atoms with Gasteiger partial charge in [0.1, 0.15) is 5.75 Å². The third-order valence-electron chi connectivity index (χ3n) is 8.66. The van der Waals surface area contributed by atoms with Crippen LogP contribution in [0.4, 0.5) is 0 Å². The molecule has 0 radical (unpaired) electrons. The van der Waals surface area contributed by atoms with Gasteiger partial charge in [0.25, 0.3) is 0 Å². The second-order valence-electron chi connectivity index (χ2n) is 15.3. The molecule has 0 aliphatic carbocycles. The molecule has 7 nitrogen and oxygen atoms in total. The van der Waals surface area contributed by atoms with Crippen LogP contribution in [0.5, 0.6) is 5.75 Å². The zero-order valence-electron chi connectivity index (χ0n) is 28.9. The maximum atomic E-state index is 13.9. The minimum absolute atomic E-state index is 0.117. The van der Waals surface area contributed by atoms with E-state index in [1.54, 1.807) is 0 Å². The molecule has 2 rings (SSSR count). The van der Waals surface area contributed by atoms with Crippen molar-refractivity contribution in [3.8, 4) is 5.75 Å². The van der Waals surface area contributed by atoms with E-state index in [0.717, 1.165) is 22.0 Å². The zero-order valence-corrected chi connectivity index (χ0v) is 32.4. The molecular formula is C31H57BBrO7PSi. The van der Waals surface area contributed by atoms with Crippen LogP contribution in [0.25, 0.3) is 0 Å². The van der Waals surface area contributed by atoms with Gasteiger partial charge in [-0.15, -0.1) is 0 Å². The lowest BCUT2D eigenvalue weighted by Crippen LogP contribution is -2.41. The van der Waals surface area contributed by atoms with Crippen LogP contribution in [0.2, 0.25) is 24.5 Å². The zero-order chi connectivity index (χ0) is 32.5. The first-order valence-corrected chi connectivity index (χ1v) is 20.5. The Labute approximate surface area is 266 Å². The number of phosphoric acid groups is 1. The fourth-order valence-electron chi connectivity index (χ4n) is 4.64. The molecule has 42 heavy (non-hydrogen) atoms. The molecular weight excluding hydrogens is 634 g/mol. The van der Waals surface area contributed by atoms with E-state index in [2.05, 4.69) is 97.4 Å². The lowest BCUT2D eigenvalue weighted by molar-refractivity contribution is 0.00578. The van der Waals surface area contributed by atoms with Gasteiger partial charge in [0.2, 0.25) is 0 Å². The van der Waals surface area contributed by atoms with Crippen molar-refractivity contribution in [2.24, 2.45) is 0 Å². The Balaban J connectivity index is 2.53. The van der Waals surface area contributed by atoms with Gasteiger partial charge in [-0.05, 0) is 116 Å². The van der Waals surface area contributed by atoms with Crippen molar-refractivity contribution in [2.75, 3.05) is 6.61 Å². The van der Waals surface area contributed by atoms with Gasteiger partial charge in [-0.3, -0.25) is 9.05 Å². The van der Waals surface area contributed by atoms with Crippen molar-refractivity contribution in [3.05, 3.63) is 27.7 Å². The predicted molar refractivity (Wildman–Crippen MR) is 180 cm³/mol. The van der Waals surface area contributed by atoms with E-state index in [0.29, 0.717) is 25.1 Å². The average Bonchev–Trinajstić information content (AvgIpc) is 2.95. The highest BCUT2D eigenvalue weighted by Crippen LogP contribution is 2.54. The smallest absolute Gasteiger partial charge is 0.417 e. The molecule has 11 heteroatoms. The second-order valence-corrected chi connectivity index (χ2v) is 22.5. The van der Waals surface area contributed by atoms with Gasteiger partial charge >= 0.3 is 14.9 Å². The van der Waals surface area contributed by atoms with Crippen molar-refractivity contribution in [2.45, 2.75) is 156 Å². The van der Waals surface area contributed by atoms with Gasteiger partial charge in [-0.2, -0.15) is 0 Å². The lowest BCUT2D eigenvalue weighted by atomic mass is 9.75.